The number of fused-ring (bicyclic) bond motifs is 1. The fourth-order valence-corrected chi connectivity index (χ4v) is 2.01. The Labute approximate surface area is 88.5 Å². The maximum Gasteiger partial charge on any atom is 0.226 e. The number of amides is 1. The van der Waals surface area contributed by atoms with Crippen molar-refractivity contribution in [2.75, 3.05) is 11.4 Å². The highest BCUT2D eigenvalue weighted by Gasteiger charge is 2.23. The second-order valence-corrected chi connectivity index (χ2v) is 3.86. The lowest BCUT2D eigenvalue weighted by molar-refractivity contribution is -0.118. The topological polar surface area (TPSA) is 20.3 Å². The molecule has 0 aliphatic carbocycles. The zero-order valence-corrected chi connectivity index (χ0v) is 8.84. The molecule has 0 saturated carbocycles. The van der Waals surface area contributed by atoms with Gasteiger partial charge < -0.3 is 4.90 Å². The molecule has 0 radical (unpaired) electrons. The van der Waals surface area contributed by atoms with Crippen molar-refractivity contribution in [3.05, 3.63) is 28.8 Å². The summed E-state index contributed by atoms with van der Waals surface area (Å²) in [5, 5.41) is 0.745. The molecule has 0 aromatic heterocycles. The largest absolute Gasteiger partial charge is 0.312 e. The first kappa shape index (κ1) is 9.53. The van der Waals surface area contributed by atoms with Crippen molar-refractivity contribution >= 4 is 23.2 Å². The van der Waals surface area contributed by atoms with Gasteiger partial charge in [0, 0.05) is 23.7 Å². The number of carbonyl (C=O) groups excluding carboxylic acids is 1. The number of carbonyl (C=O) groups is 1. The standard InChI is InChI=1S/C11H12ClNO/c1-2-11(14)13-6-5-8-7-9(12)3-4-10(8)13/h3-4,7H,2,5-6H2,1H3. The van der Waals surface area contributed by atoms with E-state index in [1.54, 1.807) is 0 Å². The Bertz CT molecular complexity index is 376. The van der Waals surface area contributed by atoms with E-state index in [2.05, 4.69) is 0 Å². The van der Waals surface area contributed by atoms with Crippen LogP contribution < -0.4 is 4.90 Å². The van der Waals surface area contributed by atoms with Crippen molar-refractivity contribution in [2.45, 2.75) is 19.8 Å². The minimum absolute atomic E-state index is 0.186. The molecule has 1 aliphatic rings. The van der Waals surface area contributed by atoms with Gasteiger partial charge in [-0.25, -0.2) is 0 Å². The summed E-state index contributed by atoms with van der Waals surface area (Å²) in [5.41, 5.74) is 2.21. The smallest absolute Gasteiger partial charge is 0.226 e. The fraction of sp³-hybridized carbons (Fsp3) is 0.364. The summed E-state index contributed by atoms with van der Waals surface area (Å²) in [7, 11) is 0. The Kier molecular flexibility index (Phi) is 2.46. The molecule has 1 amide bonds. The van der Waals surface area contributed by atoms with E-state index in [1.165, 1.54) is 5.56 Å². The van der Waals surface area contributed by atoms with Crippen LogP contribution in [0.1, 0.15) is 18.9 Å². The number of rotatable bonds is 1. The van der Waals surface area contributed by atoms with E-state index < -0.39 is 0 Å². The first-order valence-electron chi connectivity index (χ1n) is 4.81. The summed E-state index contributed by atoms with van der Waals surface area (Å²) in [4.78, 5) is 13.4. The van der Waals surface area contributed by atoms with Crippen molar-refractivity contribution in [3.8, 4) is 0 Å². The molecule has 0 atom stereocenters. The highest BCUT2D eigenvalue weighted by Crippen LogP contribution is 2.30. The highest BCUT2D eigenvalue weighted by molar-refractivity contribution is 6.30. The maximum atomic E-state index is 11.6. The molecule has 1 heterocycles. The minimum Gasteiger partial charge on any atom is -0.312 e. The Morgan fingerprint density at radius 1 is 1.57 bits per heavy atom. The average molecular weight is 210 g/mol. The quantitative estimate of drug-likeness (QED) is 0.697. The number of nitrogens with zero attached hydrogens (tertiary/aromatic N) is 1. The van der Waals surface area contributed by atoms with E-state index in [0.29, 0.717) is 6.42 Å². The summed E-state index contributed by atoms with van der Waals surface area (Å²) >= 11 is 5.88. The van der Waals surface area contributed by atoms with Crippen molar-refractivity contribution in [2.24, 2.45) is 0 Å². The molecule has 0 N–H and O–H groups in total. The third kappa shape index (κ3) is 1.50. The van der Waals surface area contributed by atoms with Gasteiger partial charge in [-0.3, -0.25) is 4.79 Å². The number of halogens is 1. The monoisotopic (exact) mass is 209 g/mol. The molecule has 1 aliphatic heterocycles. The Morgan fingerprint density at radius 3 is 3.07 bits per heavy atom. The van der Waals surface area contributed by atoms with Gasteiger partial charge in [0.15, 0.2) is 0 Å². The molecule has 2 rings (SSSR count). The molecule has 1 aromatic rings. The van der Waals surface area contributed by atoms with Crippen LogP contribution in [-0.2, 0) is 11.2 Å². The predicted molar refractivity (Wildman–Crippen MR) is 57.8 cm³/mol. The molecule has 3 heteroatoms. The zero-order valence-electron chi connectivity index (χ0n) is 8.09. The highest BCUT2D eigenvalue weighted by atomic mass is 35.5. The van der Waals surface area contributed by atoms with Crippen LogP contribution in [0.2, 0.25) is 5.02 Å². The van der Waals surface area contributed by atoms with Crippen molar-refractivity contribution in [1.82, 2.24) is 0 Å². The second kappa shape index (κ2) is 3.62. The Hall–Kier alpha value is -1.02. The first-order valence-corrected chi connectivity index (χ1v) is 5.19. The van der Waals surface area contributed by atoms with Crippen LogP contribution in [0.5, 0.6) is 0 Å². The van der Waals surface area contributed by atoms with E-state index in [0.717, 1.165) is 23.7 Å². The third-order valence-electron chi connectivity index (χ3n) is 2.54. The molecule has 74 valence electrons. The lowest BCUT2D eigenvalue weighted by Crippen LogP contribution is -2.27. The third-order valence-corrected chi connectivity index (χ3v) is 2.78. The summed E-state index contributed by atoms with van der Waals surface area (Å²) in [6.07, 6.45) is 1.48. The van der Waals surface area contributed by atoms with Crippen LogP contribution >= 0.6 is 11.6 Å². The van der Waals surface area contributed by atoms with E-state index in [4.69, 9.17) is 11.6 Å². The summed E-state index contributed by atoms with van der Waals surface area (Å²) in [6.45, 7) is 2.68. The molecule has 0 bridgehead atoms. The van der Waals surface area contributed by atoms with Gasteiger partial charge in [0.25, 0.3) is 0 Å². The van der Waals surface area contributed by atoms with Gasteiger partial charge >= 0.3 is 0 Å². The molecule has 0 spiro atoms. The summed E-state index contributed by atoms with van der Waals surface area (Å²) in [5.74, 6) is 0.186. The van der Waals surface area contributed by atoms with Crippen LogP contribution in [0.4, 0.5) is 5.69 Å². The number of hydrogen-bond acceptors (Lipinski definition) is 1. The molecule has 14 heavy (non-hydrogen) atoms. The SMILES string of the molecule is CCC(=O)N1CCc2cc(Cl)ccc21. The average Bonchev–Trinajstić information content (AvgIpc) is 2.59. The van der Waals surface area contributed by atoms with E-state index in [1.807, 2.05) is 30.0 Å². The molecule has 0 fully saturated rings. The molecular formula is C11H12ClNO. The normalized spacial score (nSPS) is 14.3. The Balaban J connectivity index is 2.35. The lowest BCUT2D eigenvalue weighted by Gasteiger charge is -2.15. The number of hydrogen-bond donors (Lipinski definition) is 0. The van der Waals surface area contributed by atoms with Crippen LogP contribution in [0.3, 0.4) is 0 Å². The number of anilines is 1. The van der Waals surface area contributed by atoms with E-state index >= 15 is 0 Å². The van der Waals surface area contributed by atoms with Crippen molar-refractivity contribution in [1.29, 1.82) is 0 Å². The maximum absolute atomic E-state index is 11.6. The van der Waals surface area contributed by atoms with Gasteiger partial charge in [0.1, 0.15) is 0 Å². The van der Waals surface area contributed by atoms with Crippen LogP contribution in [0.15, 0.2) is 18.2 Å². The van der Waals surface area contributed by atoms with Crippen molar-refractivity contribution < 1.29 is 4.79 Å². The van der Waals surface area contributed by atoms with Gasteiger partial charge in [-0.05, 0) is 30.2 Å². The first-order chi connectivity index (χ1) is 6.72. The van der Waals surface area contributed by atoms with E-state index in [-0.39, 0.29) is 5.91 Å². The molecule has 2 nitrogen and oxygen atoms in total. The fourth-order valence-electron chi connectivity index (χ4n) is 1.82. The summed E-state index contributed by atoms with van der Waals surface area (Å²) in [6, 6.07) is 5.71. The lowest BCUT2D eigenvalue weighted by atomic mass is 10.2. The Morgan fingerprint density at radius 2 is 2.36 bits per heavy atom. The summed E-state index contributed by atoms with van der Waals surface area (Å²) < 4.78 is 0. The van der Waals surface area contributed by atoms with E-state index in [9.17, 15) is 4.79 Å². The van der Waals surface area contributed by atoms with Crippen LogP contribution in [-0.4, -0.2) is 12.5 Å². The van der Waals surface area contributed by atoms with Gasteiger partial charge in [0.05, 0.1) is 0 Å². The van der Waals surface area contributed by atoms with Gasteiger partial charge in [-0.1, -0.05) is 18.5 Å². The van der Waals surface area contributed by atoms with Gasteiger partial charge in [-0.2, -0.15) is 0 Å². The van der Waals surface area contributed by atoms with Crippen LogP contribution in [0.25, 0.3) is 0 Å². The van der Waals surface area contributed by atoms with Crippen LogP contribution in [0, 0.1) is 0 Å². The molecule has 1 aromatic carbocycles. The molecule has 0 unspecified atom stereocenters. The predicted octanol–water partition coefficient (Wildman–Crippen LogP) is 2.64. The second-order valence-electron chi connectivity index (χ2n) is 3.42. The minimum atomic E-state index is 0.186. The number of benzene rings is 1. The van der Waals surface area contributed by atoms with Gasteiger partial charge in [0.2, 0.25) is 5.91 Å². The molecule has 0 saturated heterocycles. The zero-order chi connectivity index (χ0) is 10.1. The van der Waals surface area contributed by atoms with Gasteiger partial charge in [-0.15, -0.1) is 0 Å². The van der Waals surface area contributed by atoms with Crippen molar-refractivity contribution in [3.63, 3.8) is 0 Å². The molecular weight excluding hydrogens is 198 g/mol.